The van der Waals surface area contributed by atoms with Crippen molar-refractivity contribution in [1.29, 1.82) is 5.26 Å². The Kier molecular flexibility index (Phi) is 9.20. The number of carbonyl (C=O) groups is 2. The molecule has 0 spiro atoms. The van der Waals surface area contributed by atoms with E-state index in [1.807, 2.05) is 6.07 Å². The van der Waals surface area contributed by atoms with Crippen LogP contribution < -0.4 is 20.1 Å². The summed E-state index contributed by atoms with van der Waals surface area (Å²) in [5, 5.41) is 15.7. The Morgan fingerprint density at radius 3 is 2.47 bits per heavy atom. The summed E-state index contributed by atoms with van der Waals surface area (Å²) in [7, 11) is 1.46. The minimum absolute atomic E-state index is 0.0114. The van der Waals surface area contributed by atoms with Crippen molar-refractivity contribution in [2.75, 3.05) is 19.0 Å². The Labute approximate surface area is 208 Å². The maximum atomic E-state index is 12.5. The third kappa shape index (κ3) is 6.89. The van der Waals surface area contributed by atoms with E-state index in [2.05, 4.69) is 10.6 Å². The lowest BCUT2D eigenvalue weighted by atomic mass is 9.95. The van der Waals surface area contributed by atoms with Crippen LogP contribution in [0.25, 0.3) is 6.08 Å². The van der Waals surface area contributed by atoms with Crippen LogP contribution in [0.1, 0.15) is 37.7 Å². The Balaban J connectivity index is 1.65. The second kappa shape index (κ2) is 12.3. The van der Waals surface area contributed by atoms with Crippen molar-refractivity contribution in [2.24, 2.45) is 0 Å². The number of rotatable bonds is 8. The quantitative estimate of drug-likeness (QED) is 0.373. The lowest BCUT2D eigenvalue weighted by molar-refractivity contribution is -0.118. The maximum Gasteiger partial charge on any atom is 0.262 e. The molecule has 0 unspecified atom stereocenters. The van der Waals surface area contributed by atoms with Gasteiger partial charge in [0.15, 0.2) is 18.1 Å². The van der Waals surface area contributed by atoms with Crippen molar-refractivity contribution in [3.63, 3.8) is 0 Å². The fourth-order valence-electron chi connectivity index (χ4n) is 3.65. The summed E-state index contributed by atoms with van der Waals surface area (Å²) < 4.78 is 10.9. The summed E-state index contributed by atoms with van der Waals surface area (Å²) in [6, 6.07) is 11.9. The van der Waals surface area contributed by atoms with Crippen LogP contribution in [0.4, 0.5) is 5.69 Å². The summed E-state index contributed by atoms with van der Waals surface area (Å²) in [4.78, 5) is 24.8. The lowest BCUT2D eigenvalue weighted by Crippen LogP contribution is -2.36. The SMILES string of the molecule is COc1cc(/C=C(/C#N)C(=O)NC2CCCCC2)ccc1OCC(=O)Nc1c(Cl)cccc1Cl. The van der Waals surface area contributed by atoms with Crippen LogP contribution in [0.3, 0.4) is 0 Å². The number of ether oxygens (including phenoxy) is 2. The molecule has 178 valence electrons. The van der Waals surface area contributed by atoms with Gasteiger partial charge in [0.25, 0.3) is 11.8 Å². The van der Waals surface area contributed by atoms with Gasteiger partial charge in [-0.05, 0) is 48.7 Å². The number of nitrogens with one attached hydrogen (secondary N) is 2. The number of amides is 2. The highest BCUT2D eigenvalue weighted by atomic mass is 35.5. The van der Waals surface area contributed by atoms with E-state index >= 15 is 0 Å². The molecule has 2 aromatic rings. The van der Waals surface area contributed by atoms with Gasteiger partial charge in [-0.3, -0.25) is 9.59 Å². The van der Waals surface area contributed by atoms with Gasteiger partial charge in [0.05, 0.1) is 22.8 Å². The van der Waals surface area contributed by atoms with Gasteiger partial charge in [-0.2, -0.15) is 5.26 Å². The average Bonchev–Trinajstić information content (AvgIpc) is 2.84. The molecule has 1 fully saturated rings. The fraction of sp³-hybridized carbons (Fsp3) is 0.320. The number of carbonyl (C=O) groups excluding carboxylic acids is 2. The number of nitrogens with zero attached hydrogens (tertiary/aromatic N) is 1. The highest BCUT2D eigenvalue weighted by Gasteiger charge is 2.18. The Morgan fingerprint density at radius 1 is 1.12 bits per heavy atom. The van der Waals surface area contributed by atoms with Gasteiger partial charge in [0.1, 0.15) is 11.6 Å². The molecule has 0 radical (unpaired) electrons. The van der Waals surface area contributed by atoms with Gasteiger partial charge in [-0.15, -0.1) is 0 Å². The zero-order chi connectivity index (χ0) is 24.5. The maximum absolute atomic E-state index is 12.5. The smallest absolute Gasteiger partial charge is 0.262 e. The number of hydrogen-bond acceptors (Lipinski definition) is 5. The van der Waals surface area contributed by atoms with Crippen LogP contribution in [0.2, 0.25) is 10.0 Å². The molecule has 2 amide bonds. The molecule has 3 rings (SSSR count). The molecule has 2 aromatic carbocycles. The van der Waals surface area contributed by atoms with E-state index in [-0.39, 0.29) is 24.1 Å². The first-order valence-corrected chi connectivity index (χ1v) is 11.6. The molecule has 1 aliphatic carbocycles. The van der Waals surface area contributed by atoms with E-state index in [1.54, 1.807) is 36.4 Å². The summed E-state index contributed by atoms with van der Waals surface area (Å²) in [5.74, 6) is -0.164. The lowest BCUT2D eigenvalue weighted by Gasteiger charge is -2.22. The first-order valence-electron chi connectivity index (χ1n) is 10.9. The first-order chi connectivity index (χ1) is 16.4. The van der Waals surface area contributed by atoms with Crippen molar-refractivity contribution in [1.82, 2.24) is 5.32 Å². The second-order valence-corrected chi connectivity index (χ2v) is 8.64. The van der Waals surface area contributed by atoms with Crippen molar-refractivity contribution in [2.45, 2.75) is 38.1 Å². The van der Waals surface area contributed by atoms with E-state index < -0.39 is 5.91 Å². The van der Waals surface area contributed by atoms with Gasteiger partial charge in [0, 0.05) is 6.04 Å². The number of para-hydroxylation sites is 1. The normalized spacial score (nSPS) is 14.1. The standard InChI is InChI=1S/C25H25Cl2N3O4/c1-33-22-13-16(12-17(14-28)25(32)29-18-6-3-2-4-7-18)10-11-21(22)34-15-23(31)30-24-19(26)8-5-9-20(24)27/h5,8-13,18H,2-4,6-7,15H2,1H3,(H,29,32)(H,30,31)/b17-12-. The van der Waals surface area contributed by atoms with Gasteiger partial charge < -0.3 is 20.1 Å². The van der Waals surface area contributed by atoms with Gasteiger partial charge in [-0.25, -0.2) is 0 Å². The van der Waals surface area contributed by atoms with Crippen LogP contribution in [0, 0.1) is 11.3 Å². The Bertz CT molecular complexity index is 1100. The third-order valence-electron chi connectivity index (χ3n) is 5.39. The van der Waals surface area contributed by atoms with E-state index in [0.717, 1.165) is 25.7 Å². The molecule has 34 heavy (non-hydrogen) atoms. The minimum atomic E-state index is -0.452. The topological polar surface area (TPSA) is 100 Å². The number of anilines is 1. The number of nitriles is 1. The van der Waals surface area contributed by atoms with E-state index in [0.29, 0.717) is 32.8 Å². The molecule has 0 saturated heterocycles. The Hall–Kier alpha value is -3.21. The average molecular weight is 502 g/mol. The molecular formula is C25H25Cl2N3O4. The van der Waals surface area contributed by atoms with Crippen LogP contribution >= 0.6 is 23.2 Å². The van der Waals surface area contributed by atoms with Crippen LogP contribution in [-0.2, 0) is 9.59 Å². The number of benzene rings is 2. The minimum Gasteiger partial charge on any atom is -0.493 e. The predicted octanol–water partition coefficient (Wildman–Crippen LogP) is 5.38. The highest BCUT2D eigenvalue weighted by Crippen LogP contribution is 2.31. The molecule has 9 heteroatoms. The Morgan fingerprint density at radius 2 is 1.82 bits per heavy atom. The number of methoxy groups -OCH3 is 1. The zero-order valence-corrected chi connectivity index (χ0v) is 20.2. The fourth-order valence-corrected chi connectivity index (χ4v) is 4.15. The van der Waals surface area contributed by atoms with Crippen LogP contribution in [-0.4, -0.2) is 31.6 Å². The van der Waals surface area contributed by atoms with Crippen molar-refractivity contribution in [3.05, 3.63) is 57.6 Å². The van der Waals surface area contributed by atoms with Crippen LogP contribution in [0.5, 0.6) is 11.5 Å². The number of hydrogen-bond donors (Lipinski definition) is 2. The van der Waals surface area contributed by atoms with Crippen molar-refractivity contribution in [3.8, 4) is 17.6 Å². The molecule has 7 nitrogen and oxygen atoms in total. The van der Waals surface area contributed by atoms with Gasteiger partial charge in [-0.1, -0.05) is 54.6 Å². The summed E-state index contributed by atoms with van der Waals surface area (Å²) in [6.07, 6.45) is 6.70. The van der Waals surface area contributed by atoms with E-state index in [9.17, 15) is 14.9 Å². The third-order valence-corrected chi connectivity index (χ3v) is 6.02. The first kappa shape index (κ1) is 25.4. The highest BCUT2D eigenvalue weighted by molar-refractivity contribution is 6.39. The number of halogens is 2. The zero-order valence-electron chi connectivity index (χ0n) is 18.7. The van der Waals surface area contributed by atoms with E-state index in [4.69, 9.17) is 32.7 Å². The monoisotopic (exact) mass is 501 g/mol. The predicted molar refractivity (Wildman–Crippen MR) is 132 cm³/mol. The molecule has 2 N–H and O–H groups in total. The van der Waals surface area contributed by atoms with Crippen LogP contribution in [0.15, 0.2) is 42.0 Å². The van der Waals surface area contributed by atoms with Gasteiger partial charge >= 0.3 is 0 Å². The molecule has 1 aliphatic rings. The molecule has 0 atom stereocenters. The molecule has 1 saturated carbocycles. The second-order valence-electron chi connectivity index (χ2n) is 7.82. The summed E-state index contributed by atoms with van der Waals surface area (Å²) >= 11 is 12.1. The van der Waals surface area contributed by atoms with E-state index in [1.165, 1.54) is 19.6 Å². The van der Waals surface area contributed by atoms with Crippen molar-refractivity contribution < 1.29 is 19.1 Å². The summed E-state index contributed by atoms with van der Waals surface area (Å²) in [6.45, 7) is -0.305. The largest absolute Gasteiger partial charge is 0.493 e. The van der Waals surface area contributed by atoms with Crippen molar-refractivity contribution >= 4 is 46.8 Å². The molecule has 0 aromatic heterocycles. The van der Waals surface area contributed by atoms with Gasteiger partial charge in [0.2, 0.25) is 0 Å². The molecule has 0 aliphatic heterocycles. The summed E-state index contributed by atoms with van der Waals surface area (Å²) in [5.41, 5.74) is 0.909. The molecule has 0 heterocycles. The molecule has 0 bridgehead atoms. The molecular weight excluding hydrogens is 477 g/mol.